The second-order valence-electron chi connectivity index (χ2n) is 7.83. The highest BCUT2D eigenvalue weighted by Crippen LogP contribution is 2.30. The summed E-state index contributed by atoms with van der Waals surface area (Å²) in [7, 11) is -0.362. The molecule has 0 unspecified atom stereocenters. The molecule has 0 saturated carbocycles. The molecule has 1 atom stereocenters. The van der Waals surface area contributed by atoms with Crippen molar-refractivity contribution in [3.8, 4) is 11.5 Å². The van der Waals surface area contributed by atoms with Gasteiger partial charge in [-0.05, 0) is 57.0 Å². The fourth-order valence-electron chi connectivity index (χ4n) is 3.80. The molecule has 31 heavy (non-hydrogen) atoms. The van der Waals surface area contributed by atoms with E-state index in [1.807, 2.05) is 26.0 Å². The van der Waals surface area contributed by atoms with Crippen LogP contribution in [-0.4, -0.2) is 45.9 Å². The minimum Gasteiger partial charge on any atom is -0.497 e. The number of nitrogens with zero attached hydrogens (tertiary/aromatic N) is 1. The molecule has 1 saturated heterocycles. The number of piperidine rings is 1. The second kappa shape index (κ2) is 9.70. The molecule has 1 aliphatic heterocycles. The highest BCUT2D eigenvalue weighted by atomic mass is 32.2. The van der Waals surface area contributed by atoms with Crippen LogP contribution in [0.4, 0.5) is 0 Å². The predicted octanol–water partition coefficient (Wildman–Crippen LogP) is 3.29. The monoisotopic (exact) mass is 446 g/mol. The Labute approximate surface area is 184 Å². The first-order valence-electron chi connectivity index (χ1n) is 10.4. The molecular formula is C23H30N2O5S. The van der Waals surface area contributed by atoms with Gasteiger partial charge in [0.2, 0.25) is 15.9 Å². The molecule has 1 heterocycles. The molecule has 2 aromatic carbocycles. The smallest absolute Gasteiger partial charge is 0.243 e. The molecule has 1 N–H and O–H groups in total. The molecule has 0 aromatic heterocycles. The molecule has 0 bridgehead atoms. The van der Waals surface area contributed by atoms with Crippen molar-refractivity contribution in [3.63, 3.8) is 0 Å². The molecule has 0 radical (unpaired) electrons. The lowest BCUT2D eigenvalue weighted by Gasteiger charge is -2.31. The van der Waals surface area contributed by atoms with Gasteiger partial charge >= 0.3 is 0 Å². The van der Waals surface area contributed by atoms with Gasteiger partial charge in [0.15, 0.2) is 0 Å². The van der Waals surface area contributed by atoms with Gasteiger partial charge in [0, 0.05) is 24.6 Å². The fraction of sp³-hybridized carbons (Fsp3) is 0.435. The SMILES string of the molecule is COc1ccc(OC)c([C@H](C)NC(=O)C2CCN(S(=O)(=O)c3ccc(C)cc3)CC2)c1. The minimum absolute atomic E-state index is 0.0789. The highest BCUT2D eigenvalue weighted by Gasteiger charge is 2.32. The average molecular weight is 447 g/mol. The maximum atomic E-state index is 12.9. The van der Waals surface area contributed by atoms with Crippen LogP contribution >= 0.6 is 0 Å². The van der Waals surface area contributed by atoms with E-state index in [0.717, 1.165) is 11.1 Å². The van der Waals surface area contributed by atoms with E-state index in [-0.39, 0.29) is 17.9 Å². The van der Waals surface area contributed by atoms with Gasteiger partial charge in [-0.3, -0.25) is 4.79 Å². The average Bonchev–Trinajstić information content (AvgIpc) is 2.78. The molecular weight excluding hydrogens is 416 g/mol. The number of nitrogens with one attached hydrogen (secondary N) is 1. The first-order chi connectivity index (χ1) is 14.8. The zero-order valence-electron chi connectivity index (χ0n) is 18.4. The van der Waals surface area contributed by atoms with Crippen LogP contribution in [0.5, 0.6) is 11.5 Å². The number of methoxy groups -OCH3 is 2. The predicted molar refractivity (Wildman–Crippen MR) is 119 cm³/mol. The summed E-state index contributed by atoms with van der Waals surface area (Å²) in [6.07, 6.45) is 0.970. The lowest BCUT2D eigenvalue weighted by molar-refractivity contribution is -0.126. The molecule has 168 valence electrons. The lowest BCUT2D eigenvalue weighted by atomic mass is 9.96. The van der Waals surface area contributed by atoms with Crippen molar-refractivity contribution in [3.05, 3.63) is 53.6 Å². The first kappa shape index (κ1) is 23.1. The summed E-state index contributed by atoms with van der Waals surface area (Å²) >= 11 is 0. The van der Waals surface area contributed by atoms with E-state index in [9.17, 15) is 13.2 Å². The lowest BCUT2D eigenvalue weighted by Crippen LogP contribution is -2.43. The molecule has 2 aromatic rings. The summed E-state index contributed by atoms with van der Waals surface area (Å²) in [6, 6.07) is 12.0. The van der Waals surface area contributed by atoms with E-state index in [0.29, 0.717) is 42.3 Å². The van der Waals surface area contributed by atoms with Crippen LogP contribution in [0.25, 0.3) is 0 Å². The van der Waals surface area contributed by atoms with E-state index >= 15 is 0 Å². The third kappa shape index (κ3) is 5.19. The Balaban J connectivity index is 1.62. The normalized spacial score (nSPS) is 16.5. The number of carbonyl (C=O) groups is 1. The molecule has 8 heteroatoms. The third-order valence-corrected chi connectivity index (χ3v) is 7.66. The third-order valence-electron chi connectivity index (χ3n) is 5.75. The summed E-state index contributed by atoms with van der Waals surface area (Å²) in [4.78, 5) is 13.1. The van der Waals surface area contributed by atoms with Crippen LogP contribution < -0.4 is 14.8 Å². The maximum Gasteiger partial charge on any atom is 0.243 e. The van der Waals surface area contributed by atoms with Crippen LogP contribution in [0, 0.1) is 12.8 Å². The topological polar surface area (TPSA) is 84.9 Å². The van der Waals surface area contributed by atoms with Gasteiger partial charge in [0.25, 0.3) is 0 Å². The van der Waals surface area contributed by atoms with Crippen molar-refractivity contribution in [2.24, 2.45) is 5.92 Å². The Kier molecular flexibility index (Phi) is 7.23. The van der Waals surface area contributed by atoms with Crippen molar-refractivity contribution in [2.45, 2.75) is 37.6 Å². The molecule has 1 amide bonds. The zero-order chi connectivity index (χ0) is 22.6. The number of sulfonamides is 1. The van der Waals surface area contributed by atoms with Gasteiger partial charge in [0.05, 0.1) is 25.2 Å². The number of hydrogen-bond donors (Lipinski definition) is 1. The Bertz CT molecular complexity index is 1010. The fourth-order valence-corrected chi connectivity index (χ4v) is 5.27. The number of carbonyl (C=O) groups excluding carboxylic acids is 1. The van der Waals surface area contributed by atoms with Crippen LogP contribution in [-0.2, 0) is 14.8 Å². The quantitative estimate of drug-likeness (QED) is 0.706. The van der Waals surface area contributed by atoms with Gasteiger partial charge < -0.3 is 14.8 Å². The van der Waals surface area contributed by atoms with Crippen molar-refractivity contribution in [1.29, 1.82) is 0 Å². The Morgan fingerprint density at radius 3 is 2.29 bits per heavy atom. The van der Waals surface area contributed by atoms with Crippen molar-refractivity contribution in [2.75, 3.05) is 27.3 Å². The van der Waals surface area contributed by atoms with E-state index < -0.39 is 10.0 Å². The second-order valence-corrected chi connectivity index (χ2v) is 9.77. The van der Waals surface area contributed by atoms with Crippen molar-refractivity contribution >= 4 is 15.9 Å². The minimum atomic E-state index is -3.54. The summed E-state index contributed by atoms with van der Waals surface area (Å²) in [5.41, 5.74) is 1.84. The van der Waals surface area contributed by atoms with Gasteiger partial charge in [-0.2, -0.15) is 4.31 Å². The molecule has 0 aliphatic carbocycles. The van der Waals surface area contributed by atoms with Crippen LogP contribution in [0.2, 0.25) is 0 Å². The van der Waals surface area contributed by atoms with E-state index in [2.05, 4.69) is 5.32 Å². The van der Waals surface area contributed by atoms with E-state index in [4.69, 9.17) is 9.47 Å². The molecule has 3 rings (SSSR count). The van der Waals surface area contributed by atoms with Gasteiger partial charge in [-0.1, -0.05) is 17.7 Å². The van der Waals surface area contributed by atoms with Crippen LogP contribution in [0.3, 0.4) is 0 Å². The Morgan fingerprint density at radius 1 is 1.06 bits per heavy atom. The molecule has 7 nitrogen and oxygen atoms in total. The Morgan fingerprint density at radius 2 is 1.71 bits per heavy atom. The van der Waals surface area contributed by atoms with Crippen molar-refractivity contribution < 1.29 is 22.7 Å². The Hall–Kier alpha value is -2.58. The largest absolute Gasteiger partial charge is 0.497 e. The number of ether oxygens (including phenoxy) is 2. The van der Waals surface area contributed by atoms with Gasteiger partial charge in [-0.15, -0.1) is 0 Å². The first-order valence-corrected chi connectivity index (χ1v) is 11.8. The van der Waals surface area contributed by atoms with Crippen LogP contribution in [0.1, 0.15) is 36.9 Å². The molecule has 1 aliphatic rings. The standard InChI is InChI=1S/C23H30N2O5S/c1-16-5-8-20(9-6-16)31(27,28)25-13-11-18(12-14-25)23(26)24-17(2)21-15-19(29-3)7-10-22(21)30-4/h5-10,15,17-18H,11-14H2,1-4H3,(H,24,26)/t17-/m0/s1. The molecule has 0 spiro atoms. The zero-order valence-corrected chi connectivity index (χ0v) is 19.2. The number of rotatable bonds is 7. The number of benzene rings is 2. The number of aryl methyl sites for hydroxylation is 1. The maximum absolute atomic E-state index is 12.9. The van der Waals surface area contributed by atoms with Crippen molar-refractivity contribution in [1.82, 2.24) is 9.62 Å². The summed E-state index contributed by atoms with van der Waals surface area (Å²) < 4.78 is 37.9. The van der Waals surface area contributed by atoms with E-state index in [1.54, 1.807) is 44.6 Å². The highest BCUT2D eigenvalue weighted by molar-refractivity contribution is 7.89. The van der Waals surface area contributed by atoms with Gasteiger partial charge in [-0.25, -0.2) is 8.42 Å². The summed E-state index contributed by atoms with van der Waals surface area (Å²) in [5, 5.41) is 3.04. The van der Waals surface area contributed by atoms with Gasteiger partial charge in [0.1, 0.15) is 11.5 Å². The summed E-state index contributed by atoms with van der Waals surface area (Å²) in [6.45, 7) is 4.46. The molecule has 1 fully saturated rings. The number of hydrogen-bond acceptors (Lipinski definition) is 5. The van der Waals surface area contributed by atoms with Crippen LogP contribution in [0.15, 0.2) is 47.4 Å². The number of amides is 1. The summed E-state index contributed by atoms with van der Waals surface area (Å²) in [5.74, 6) is 1.05. The van der Waals surface area contributed by atoms with E-state index in [1.165, 1.54) is 4.31 Å².